The maximum Gasteiger partial charge on any atom is 0.124 e. The lowest BCUT2D eigenvalue weighted by Gasteiger charge is -2.31. The quantitative estimate of drug-likeness (QED) is 0.611. The third kappa shape index (κ3) is 3.19. The highest BCUT2D eigenvalue weighted by Gasteiger charge is 2.27. The highest BCUT2D eigenvalue weighted by atomic mass is 16.5. The molecule has 0 aliphatic heterocycles. The van der Waals surface area contributed by atoms with Crippen molar-refractivity contribution < 1.29 is 4.74 Å². The largest absolute Gasteiger partial charge is 0.497 e. The Labute approximate surface area is 115 Å². The van der Waals surface area contributed by atoms with Crippen LogP contribution in [0.1, 0.15) is 32.3 Å². The van der Waals surface area contributed by atoms with Crippen LogP contribution in [-0.2, 0) is 0 Å². The Bertz CT molecular complexity index is 466. The predicted molar refractivity (Wildman–Crippen MR) is 79.2 cm³/mol. The second-order valence-corrected chi connectivity index (χ2v) is 5.49. The Kier molecular flexibility index (Phi) is 3.98. The molecule has 3 N–H and O–H groups in total. The predicted octanol–water partition coefficient (Wildman–Crippen LogP) is 2.60. The number of hydrogen-bond acceptors (Lipinski definition) is 3. The third-order valence-corrected chi connectivity index (χ3v) is 3.58. The molecule has 1 aliphatic rings. The molecule has 0 saturated heterocycles. The first-order valence-electron chi connectivity index (χ1n) is 6.82. The fourth-order valence-corrected chi connectivity index (χ4v) is 2.27. The van der Waals surface area contributed by atoms with Gasteiger partial charge in [-0.05, 0) is 44.7 Å². The van der Waals surface area contributed by atoms with Crippen molar-refractivity contribution in [2.75, 3.05) is 18.6 Å². The van der Waals surface area contributed by atoms with Gasteiger partial charge in [0.2, 0.25) is 0 Å². The lowest BCUT2D eigenvalue weighted by Crippen LogP contribution is -2.34. The molecule has 1 saturated carbocycles. The topological polar surface area (TPSA) is 62.3 Å². The molecular weight excluding hydrogens is 238 g/mol. The van der Waals surface area contributed by atoms with Gasteiger partial charge >= 0.3 is 0 Å². The van der Waals surface area contributed by atoms with Crippen LogP contribution in [0.25, 0.3) is 0 Å². The summed E-state index contributed by atoms with van der Waals surface area (Å²) in [6.07, 6.45) is 2.62. The van der Waals surface area contributed by atoms with Crippen molar-refractivity contribution in [2.24, 2.45) is 11.7 Å². The number of rotatable bonds is 6. The lowest BCUT2D eigenvalue weighted by atomic mass is 10.1. The van der Waals surface area contributed by atoms with Gasteiger partial charge in [0, 0.05) is 24.2 Å². The lowest BCUT2D eigenvalue weighted by molar-refractivity contribution is 0.414. The Morgan fingerprint density at radius 3 is 2.63 bits per heavy atom. The molecule has 4 nitrogen and oxygen atoms in total. The van der Waals surface area contributed by atoms with Crippen molar-refractivity contribution in [3.8, 4) is 5.75 Å². The van der Waals surface area contributed by atoms with Crippen molar-refractivity contribution >= 4 is 11.5 Å². The van der Waals surface area contributed by atoms with Gasteiger partial charge in [-0.25, -0.2) is 0 Å². The zero-order valence-electron chi connectivity index (χ0n) is 11.9. The number of ether oxygens (including phenoxy) is 1. The Hall–Kier alpha value is -1.71. The molecule has 0 unspecified atom stereocenters. The van der Waals surface area contributed by atoms with Crippen LogP contribution in [0, 0.1) is 11.3 Å². The SMILES string of the molecule is COc1ccc(C(=N)N)c(N(CC2CC2)C(C)C)c1. The summed E-state index contributed by atoms with van der Waals surface area (Å²) in [4.78, 5) is 2.33. The summed E-state index contributed by atoms with van der Waals surface area (Å²) in [5.41, 5.74) is 7.50. The summed E-state index contributed by atoms with van der Waals surface area (Å²) in [6.45, 7) is 5.38. The molecule has 19 heavy (non-hydrogen) atoms. The van der Waals surface area contributed by atoms with Gasteiger partial charge in [0.15, 0.2) is 0 Å². The summed E-state index contributed by atoms with van der Waals surface area (Å²) in [7, 11) is 1.66. The Morgan fingerprint density at radius 2 is 2.16 bits per heavy atom. The second-order valence-electron chi connectivity index (χ2n) is 5.49. The highest BCUT2D eigenvalue weighted by Crippen LogP contribution is 2.34. The Morgan fingerprint density at radius 1 is 1.47 bits per heavy atom. The number of nitrogens with two attached hydrogens (primary N) is 1. The van der Waals surface area contributed by atoms with E-state index in [1.807, 2.05) is 18.2 Å². The second kappa shape index (κ2) is 5.51. The van der Waals surface area contributed by atoms with Crippen LogP contribution >= 0.6 is 0 Å². The Balaban J connectivity index is 2.39. The van der Waals surface area contributed by atoms with Crippen LogP contribution in [0.5, 0.6) is 5.75 Å². The summed E-state index contributed by atoms with van der Waals surface area (Å²) < 4.78 is 5.30. The summed E-state index contributed by atoms with van der Waals surface area (Å²) in [6, 6.07) is 6.10. The molecule has 1 fully saturated rings. The molecule has 4 heteroatoms. The van der Waals surface area contributed by atoms with Gasteiger partial charge in [-0.3, -0.25) is 5.41 Å². The average molecular weight is 261 g/mol. The van der Waals surface area contributed by atoms with Crippen molar-refractivity contribution in [3.05, 3.63) is 23.8 Å². The van der Waals surface area contributed by atoms with Gasteiger partial charge in [-0.15, -0.1) is 0 Å². The molecule has 0 amide bonds. The summed E-state index contributed by atoms with van der Waals surface area (Å²) in [5.74, 6) is 1.70. The molecule has 0 radical (unpaired) electrons. The standard InChI is InChI=1S/C15H23N3O/c1-10(2)18(9-11-4-5-11)14-8-12(19-3)6-7-13(14)15(16)17/h6-8,10-11H,4-5,9H2,1-3H3,(H3,16,17). The molecule has 2 rings (SSSR count). The molecule has 104 valence electrons. The number of nitrogens with zero attached hydrogens (tertiary/aromatic N) is 1. The number of methoxy groups -OCH3 is 1. The van der Waals surface area contributed by atoms with Crippen LogP contribution in [0.15, 0.2) is 18.2 Å². The first-order chi connectivity index (χ1) is 9.02. The van der Waals surface area contributed by atoms with Crippen molar-refractivity contribution in [3.63, 3.8) is 0 Å². The molecule has 0 aromatic heterocycles. The van der Waals surface area contributed by atoms with Crippen molar-refractivity contribution in [2.45, 2.75) is 32.7 Å². The van der Waals surface area contributed by atoms with Gasteiger partial charge in [0.1, 0.15) is 11.6 Å². The minimum atomic E-state index is 0.110. The summed E-state index contributed by atoms with van der Waals surface area (Å²) in [5, 5.41) is 7.75. The number of nitrogens with one attached hydrogen (secondary N) is 1. The van der Waals surface area contributed by atoms with Gasteiger partial charge in [-0.1, -0.05) is 0 Å². The zero-order valence-corrected chi connectivity index (χ0v) is 11.9. The van der Waals surface area contributed by atoms with Crippen LogP contribution in [0.4, 0.5) is 5.69 Å². The van der Waals surface area contributed by atoms with Crippen molar-refractivity contribution in [1.29, 1.82) is 5.41 Å². The van der Waals surface area contributed by atoms with Crippen molar-refractivity contribution in [1.82, 2.24) is 0 Å². The number of hydrogen-bond donors (Lipinski definition) is 2. The van der Waals surface area contributed by atoms with Gasteiger partial charge in [0.05, 0.1) is 12.8 Å². The van der Waals surface area contributed by atoms with E-state index in [0.717, 1.165) is 29.5 Å². The first-order valence-corrected chi connectivity index (χ1v) is 6.82. The minimum Gasteiger partial charge on any atom is -0.497 e. The maximum absolute atomic E-state index is 7.75. The monoisotopic (exact) mass is 261 g/mol. The van der Waals surface area contributed by atoms with E-state index in [2.05, 4.69) is 18.7 Å². The third-order valence-electron chi connectivity index (χ3n) is 3.58. The smallest absolute Gasteiger partial charge is 0.124 e. The highest BCUT2D eigenvalue weighted by molar-refractivity contribution is 6.00. The van der Waals surface area contributed by atoms with Crippen LogP contribution in [0.3, 0.4) is 0 Å². The van der Waals surface area contributed by atoms with E-state index in [9.17, 15) is 0 Å². The van der Waals surface area contributed by atoms with E-state index < -0.39 is 0 Å². The normalized spacial score (nSPS) is 14.5. The number of benzene rings is 1. The number of anilines is 1. The fourth-order valence-electron chi connectivity index (χ4n) is 2.27. The van der Waals surface area contributed by atoms with Crippen LogP contribution in [0.2, 0.25) is 0 Å². The van der Waals surface area contributed by atoms with E-state index in [1.165, 1.54) is 12.8 Å². The van der Waals surface area contributed by atoms with E-state index in [0.29, 0.717) is 6.04 Å². The van der Waals surface area contributed by atoms with Gasteiger partial charge < -0.3 is 15.4 Å². The molecular formula is C15H23N3O. The molecule has 1 aromatic rings. The molecule has 0 heterocycles. The molecule has 0 atom stereocenters. The van der Waals surface area contributed by atoms with E-state index in [1.54, 1.807) is 7.11 Å². The first kappa shape index (κ1) is 13.7. The van der Waals surface area contributed by atoms with E-state index >= 15 is 0 Å². The minimum absolute atomic E-state index is 0.110. The van der Waals surface area contributed by atoms with Crippen LogP contribution in [-0.4, -0.2) is 25.5 Å². The number of amidine groups is 1. The van der Waals surface area contributed by atoms with E-state index in [-0.39, 0.29) is 5.84 Å². The van der Waals surface area contributed by atoms with E-state index in [4.69, 9.17) is 15.9 Å². The molecule has 1 aliphatic carbocycles. The summed E-state index contributed by atoms with van der Waals surface area (Å²) >= 11 is 0. The maximum atomic E-state index is 7.75. The van der Waals surface area contributed by atoms with Crippen LogP contribution < -0.4 is 15.4 Å². The zero-order chi connectivity index (χ0) is 14.0. The van der Waals surface area contributed by atoms with Gasteiger partial charge in [-0.2, -0.15) is 0 Å². The van der Waals surface area contributed by atoms with Gasteiger partial charge in [0.25, 0.3) is 0 Å². The fraction of sp³-hybridized carbons (Fsp3) is 0.533. The molecule has 1 aromatic carbocycles. The average Bonchev–Trinajstić information content (AvgIpc) is 3.18. The molecule has 0 spiro atoms. The molecule has 0 bridgehead atoms. The number of nitrogen functional groups attached to an aromatic ring is 1.